The summed E-state index contributed by atoms with van der Waals surface area (Å²) in [5, 5.41) is 23.1. The van der Waals surface area contributed by atoms with Gasteiger partial charge in [-0.25, -0.2) is 0 Å². The van der Waals surface area contributed by atoms with Crippen LogP contribution >= 0.6 is 0 Å². The maximum absolute atomic E-state index is 10.3. The molecule has 0 atom stereocenters. The lowest BCUT2D eigenvalue weighted by atomic mass is 9.80. The molecule has 0 bridgehead atoms. The molecule has 146 valence electrons. The second-order valence-electron chi connectivity index (χ2n) is 8.01. The second kappa shape index (κ2) is 7.29. The van der Waals surface area contributed by atoms with Crippen molar-refractivity contribution in [3.63, 3.8) is 0 Å². The Balaban J connectivity index is 2.05. The van der Waals surface area contributed by atoms with E-state index in [0.29, 0.717) is 11.5 Å². The van der Waals surface area contributed by atoms with Crippen LogP contribution in [0.1, 0.15) is 44.9 Å². The van der Waals surface area contributed by atoms with Gasteiger partial charge < -0.3 is 10.2 Å². The maximum atomic E-state index is 10.3. The minimum absolute atomic E-state index is 0.00269. The molecule has 0 aliphatic heterocycles. The van der Waals surface area contributed by atoms with E-state index in [1.54, 1.807) is 0 Å². The minimum Gasteiger partial charge on any atom is -0.507 e. The van der Waals surface area contributed by atoms with Gasteiger partial charge in [-0.2, -0.15) is 0 Å². The van der Waals surface area contributed by atoms with Crippen LogP contribution in [0, 0.1) is 27.7 Å². The molecule has 0 spiro atoms. The van der Waals surface area contributed by atoms with E-state index in [-0.39, 0.29) is 5.92 Å². The molecule has 0 heterocycles. The van der Waals surface area contributed by atoms with Crippen LogP contribution in [0.2, 0.25) is 0 Å². The van der Waals surface area contributed by atoms with Crippen LogP contribution in [0.5, 0.6) is 11.5 Å². The lowest BCUT2D eigenvalue weighted by Crippen LogP contribution is -2.06. The standard InChI is InChI=1S/C27H26O2/c1-16-12-21(13-17(2)26(16)28)25(22-14-18(3)27(29)19(4)15-22)24-11-7-9-20-8-5-6-10-23(20)24/h5-15,25,28-29H,1-4H3. The molecule has 0 aromatic heterocycles. The Morgan fingerprint density at radius 3 is 1.55 bits per heavy atom. The van der Waals surface area contributed by atoms with Crippen LogP contribution in [-0.4, -0.2) is 10.2 Å². The maximum Gasteiger partial charge on any atom is 0.121 e. The summed E-state index contributed by atoms with van der Waals surface area (Å²) in [5.74, 6) is 0.698. The first-order chi connectivity index (χ1) is 13.9. The molecule has 29 heavy (non-hydrogen) atoms. The van der Waals surface area contributed by atoms with Gasteiger partial charge >= 0.3 is 0 Å². The number of phenols is 2. The third kappa shape index (κ3) is 3.36. The van der Waals surface area contributed by atoms with Gasteiger partial charge in [-0.3, -0.25) is 0 Å². The van der Waals surface area contributed by atoms with Gasteiger partial charge in [0.15, 0.2) is 0 Å². The van der Waals surface area contributed by atoms with Gasteiger partial charge in [0.05, 0.1) is 0 Å². The quantitative estimate of drug-likeness (QED) is 0.389. The number of hydrogen-bond acceptors (Lipinski definition) is 2. The van der Waals surface area contributed by atoms with Crippen LogP contribution in [0.25, 0.3) is 10.8 Å². The predicted octanol–water partition coefficient (Wildman–Crippen LogP) is 6.66. The number of aromatic hydroxyl groups is 2. The molecule has 4 aromatic rings. The fourth-order valence-electron chi connectivity index (χ4n) is 4.37. The van der Waals surface area contributed by atoms with E-state index >= 15 is 0 Å². The van der Waals surface area contributed by atoms with E-state index in [1.165, 1.54) is 16.3 Å². The van der Waals surface area contributed by atoms with Crippen molar-refractivity contribution in [3.8, 4) is 11.5 Å². The topological polar surface area (TPSA) is 40.5 Å². The van der Waals surface area contributed by atoms with Gasteiger partial charge in [-0.15, -0.1) is 0 Å². The summed E-state index contributed by atoms with van der Waals surface area (Å²) >= 11 is 0. The first kappa shape index (κ1) is 19.1. The largest absolute Gasteiger partial charge is 0.507 e. The van der Waals surface area contributed by atoms with Gasteiger partial charge in [0, 0.05) is 5.92 Å². The van der Waals surface area contributed by atoms with Gasteiger partial charge in [0.2, 0.25) is 0 Å². The molecule has 0 unspecified atom stereocenters. The monoisotopic (exact) mass is 382 g/mol. The summed E-state index contributed by atoms with van der Waals surface area (Å²) in [6.45, 7) is 7.78. The highest BCUT2D eigenvalue weighted by atomic mass is 16.3. The van der Waals surface area contributed by atoms with Crippen LogP contribution < -0.4 is 0 Å². The van der Waals surface area contributed by atoms with Crippen molar-refractivity contribution >= 4 is 10.8 Å². The molecular weight excluding hydrogens is 356 g/mol. The van der Waals surface area contributed by atoms with Crippen molar-refractivity contribution in [2.24, 2.45) is 0 Å². The predicted molar refractivity (Wildman–Crippen MR) is 120 cm³/mol. The molecule has 0 aliphatic rings. The molecule has 4 rings (SSSR count). The van der Waals surface area contributed by atoms with Crippen LogP contribution in [0.3, 0.4) is 0 Å². The molecule has 4 aromatic carbocycles. The third-order valence-corrected chi connectivity index (χ3v) is 5.83. The summed E-state index contributed by atoms with van der Waals surface area (Å²) in [6.07, 6.45) is 0. The fraction of sp³-hybridized carbons (Fsp3) is 0.185. The number of phenolic OH excluding ortho intramolecular Hbond substituents is 2. The Morgan fingerprint density at radius 2 is 1.03 bits per heavy atom. The number of aryl methyl sites for hydroxylation is 4. The fourth-order valence-corrected chi connectivity index (χ4v) is 4.37. The molecule has 2 heteroatoms. The average molecular weight is 383 g/mol. The third-order valence-electron chi connectivity index (χ3n) is 5.83. The van der Waals surface area contributed by atoms with Crippen LogP contribution in [-0.2, 0) is 0 Å². The van der Waals surface area contributed by atoms with E-state index in [9.17, 15) is 10.2 Å². The van der Waals surface area contributed by atoms with Crippen LogP contribution in [0.4, 0.5) is 0 Å². The lowest BCUT2D eigenvalue weighted by Gasteiger charge is -2.23. The molecule has 0 saturated heterocycles. The van der Waals surface area contributed by atoms with Crippen LogP contribution in [0.15, 0.2) is 66.7 Å². The summed E-state index contributed by atoms with van der Waals surface area (Å²) in [7, 11) is 0. The SMILES string of the molecule is Cc1cc(C(c2cc(C)c(O)c(C)c2)c2cccc3ccccc23)cc(C)c1O. The zero-order valence-corrected chi connectivity index (χ0v) is 17.3. The molecule has 0 fully saturated rings. The zero-order chi connectivity index (χ0) is 20.7. The Morgan fingerprint density at radius 1 is 0.586 bits per heavy atom. The normalized spacial score (nSPS) is 11.3. The van der Waals surface area contributed by atoms with E-state index < -0.39 is 0 Å². The van der Waals surface area contributed by atoms with Gasteiger partial charge in [-0.1, -0.05) is 66.7 Å². The molecule has 0 radical (unpaired) electrons. The molecule has 2 nitrogen and oxygen atoms in total. The van der Waals surface area contributed by atoms with Gasteiger partial charge in [0.1, 0.15) is 11.5 Å². The Labute approximate surface area is 172 Å². The molecule has 2 N–H and O–H groups in total. The van der Waals surface area contributed by atoms with Crippen molar-refractivity contribution in [2.75, 3.05) is 0 Å². The van der Waals surface area contributed by atoms with Crippen molar-refractivity contribution in [3.05, 3.63) is 106 Å². The first-order valence-electron chi connectivity index (χ1n) is 9.94. The summed E-state index contributed by atoms with van der Waals surface area (Å²) in [4.78, 5) is 0. The van der Waals surface area contributed by atoms with Gasteiger partial charge in [-0.05, 0) is 77.4 Å². The average Bonchev–Trinajstić information content (AvgIpc) is 2.70. The number of hydrogen-bond donors (Lipinski definition) is 2. The molecule has 0 saturated carbocycles. The van der Waals surface area contributed by atoms with E-state index in [2.05, 4.69) is 66.7 Å². The Hall–Kier alpha value is -3.26. The highest BCUT2D eigenvalue weighted by Crippen LogP contribution is 2.40. The lowest BCUT2D eigenvalue weighted by molar-refractivity contribution is 0.466. The number of rotatable bonds is 3. The Bertz CT molecular complexity index is 1110. The molecule has 0 amide bonds. The number of fused-ring (bicyclic) bond motifs is 1. The van der Waals surface area contributed by atoms with Gasteiger partial charge in [0.25, 0.3) is 0 Å². The second-order valence-corrected chi connectivity index (χ2v) is 8.01. The summed E-state index contributed by atoms with van der Waals surface area (Å²) in [5.41, 5.74) is 6.99. The van der Waals surface area contributed by atoms with E-state index in [4.69, 9.17) is 0 Å². The molecule has 0 aliphatic carbocycles. The summed E-state index contributed by atoms with van der Waals surface area (Å²) < 4.78 is 0. The zero-order valence-electron chi connectivity index (χ0n) is 17.3. The van der Waals surface area contributed by atoms with E-state index in [1.807, 2.05) is 27.7 Å². The van der Waals surface area contributed by atoms with Crippen molar-refractivity contribution < 1.29 is 10.2 Å². The smallest absolute Gasteiger partial charge is 0.121 e. The summed E-state index contributed by atoms with van der Waals surface area (Å²) in [6, 6.07) is 23.2. The highest BCUT2D eigenvalue weighted by Gasteiger charge is 2.22. The minimum atomic E-state index is -0.00269. The van der Waals surface area contributed by atoms with E-state index in [0.717, 1.165) is 33.4 Å². The van der Waals surface area contributed by atoms with Crippen molar-refractivity contribution in [2.45, 2.75) is 33.6 Å². The Kier molecular flexibility index (Phi) is 4.79. The first-order valence-corrected chi connectivity index (χ1v) is 9.94. The van der Waals surface area contributed by atoms with Crippen molar-refractivity contribution in [1.29, 1.82) is 0 Å². The number of benzene rings is 4. The van der Waals surface area contributed by atoms with Crippen molar-refractivity contribution in [1.82, 2.24) is 0 Å². The highest BCUT2D eigenvalue weighted by molar-refractivity contribution is 5.87. The molecular formula is C27H26O2.